The zero-order valence-electron chi connectivity index (χ0n) is 14.8. The van der Waals surface area contributed by atoms with Crippen LogP contribution in [-0.4, -0.2) is 53.2 Å². The fourth-order valence-electron chi connectivity index (χ4n) is 2.93. The van der Waals surface area contributed by atoms with Gasteiger partial charge in [0.1, 0.15) is 5.82 Å². The van der Waals surface area contributed by atoms with Crippen LogP contribution >= 0.6 is 0 Å². The molecule has 24 heavy (non-hydrogen) atoms. The molecule has 128 valence electrons. The first-order chi connectivity index (χ1) is 11.5. The van der Waals surface area contributed by atoms with Gasteiger partial charge in [-0.15, -0.1) is 0 Å². The van der Waals surface area contributed by atoms with Crippen LogP contribution in [-0.2, 0) is 0 Å². The summed E-state index contributed by atoms with van der Waals surface area (Å²) in [7, 11) is 3.89. The Hall–Kier alpha value is -2.44. The second-order valence-corrected chi connectivity index (χ2v) is 6.49. The first-order valence-electron chi connectivity index (χ1n) is 8.35. The van der Waals surface area contributed by atoms with E-state index in [0.717, 1.165) is 55.0 Å². The van der Waals surface area contributed by atoms with E-state index < -0.39 is 0 Å². The van der Waals surface area contributed by atoms with Crippen LogP contribution in [0.25, 0.3) is 0 Å². The molecule has 0 aromatic carbocycles. The Bertz CT molecular complexity index is 673. The number of anilines is 3. The molecule has 7 nitrogen and oxygen atoms in total. The van der Waals surface area contributed by atoms with Crippen molar-refractivity contribution < 1.29 is 0 Å². The first kappa shape index (κ1) is 16.4. The van der Waals surface area contributed by atoms with E-state index in [2.05, 4.69) is 30.2 Å². The maximum Gasteiger partial charge on any atom is 0.226 e. The SMILES string of the molecule is Cc1cc(C)nc(N2CCC(Nc3ccnc(N(C)C)n3)CC2)n1. The van der Waals surface area contributed by atoms with E-state index in [9.17, 15) is 0 Å². The van der Waals surface area contributed by atoms with Crippen LogP contribution in [0.2, 0.25) is 0 Å². The molecule has 2 aromatic rings. The van der Waals surface area contributed by atoms with Gasteiger partial charge in [0.25, 0.3) is 0 Å². The monoisotopic (exact) mass is 327 g/mol. The molecule has 0 spiro atoms. The molecular formula is C17H25N7. The van der Waals surface area contributed by atoms with Gasteiger partial charge in [0.15, 0.2) is 0 Å². The minimum Gasteiger partial charge on any atom is -0.367 e. The quantitative estimate of drug-likeness (QED) is 0.921. The molecule has 3 heterocycles. The van der Waals surface area contributed by atoms with Crippen molar-refractivity contribution in [2.45, 2.75) is 32.7 Å². The van der Waals surface area contributed by atoms with Crippen LogP contribution in [0.1, 0.15) is 24.2 Å². The summed E-state index contributed by atoms with van der Waals surface area (Å²) in [6, 6.07) is 4.35. The number of aryl methyl sites for hydroxylation is 2. The summed E-state index contributed by atoms with van der Waals surface area (Å²) in [6.07, 6.45) is 3.87. The first-order valence-corrected chi connectivity index (χ1v) is 8.35. The second-order valence-electron chi connectivity index (χ2n) is 6.49. The van der Waals surface area contributed by atoms with Crippen molar-refractivity contribution in [2.24, 2.45) is 0 Å². The number of hydrogen-bond donors (Lipinski definition) is 1. The lowest BCUT2D eigenvalue weighted by molar-refractivity contribution is 0.518. The summed E-state index contributed by atoms with van der Waals surface area (Å²) in [4.78, 5) is 22.1. The highest BCUT2D eigenvalue weighted by molar-refractivity contribution is 5.42. The third kappa shape index (κ3) is 3.90. The Morgan fingerprint density at radius 2 is 1.75 bits per heavy atom. The average molecular weight is 327 g/mol. The molecule has 3 rings (SSSR count). The topological polar surface area (TPSA) is 70.1 Å². The number of hydrogen-bond acceptors (Lipinski definition) is 7. The number of nitrogens with zero attached hydrogens (tertiary/aromatic N) is 6. The Labute approximate surface area is 143 Å². The Morgan fingerprint density at radius 3 is 2.38 bits per heavy atom. The lowest BCUT2D eigenvalue weighted by atomic mass is 10.1. The standard InChI is InChI=1S/C17H25N7/c1-12-11-13(2)20-17(19-12)24-9-6-14(7-10-24)21-15-5-8-18-16(22-15)23(3)4/h5,8,11,14H,6-7,9-10H2,1-4H3,(H,18,21,22). The fourth-order valence-corrected chi connectivity index (χ4v) is 2.93. The van der Waals surface area contributed by atoms with Crippen molar-refractivity contribution >= 4 is 17.7 Å². The molecule has 1 N–H and O–H groups in total. The van der Waals surface area contributed by atoms with Gasteiger partial charge in [-0.3, -0.25) is 0 Å². The van der Waals surface area contributed by atoms with Crippen LogP contribution in [0.4, 0.5) is 17.7 Å². The van der Waals surface area contributed by atoms with Gasteiger partial charge < -0.3 is 15.1 Å². The lowest BCUT2D eigenvalue weighted by Crippen LogP contribution is -2.40. The second kappa shape index (κ2) is 6.98. The molecule has 2 aromatic heterocycles. The van der Waals surface area contributed by atoms with E-state index >= 15 is 0 Å². The van der Waals surface area contributed by atoms with E-state index in [1.807, 2.05) is 45.0 Å². The van der Waals surface area contributed by atoms with E-state index in [1.54, 1.807) is 6.20 Å². The molecule has 7 heteroatoms. The van der Waals surface area contributed by atoms with E-state index in [-0.39, 0.29) is 0 Å². The average Bonchev–Trinajstić information content (AvgIpc) is 2.55. The molecule has 0 radical (unpaired) electrons. The van der Waals surface area contributed by atoms with Gasteiger partial charge in [0.05, 0.1) is 0 Å². The number of rotatable bonds is 4. The van der Waals surface area contributed by atoms with Crippen molar-refractivity contribution in [3.8, 4) is 0 Å². The van der Waals surface area contributed by atoms with E-state index in [0.29, 0.717) is 6.04 Å². The minimum atomic E-state index is 0.414. The van der Waals surface area contributed by atoms with Gasteiger partial charge in [-0.05, 0) is 38.8 Å². The number of nitrogens with one attached hydrogen (secondary N) is 1. The highest BCUT2D eigenvalue weighted by Gasteiger charge is 2.21. The highest BCUT2D eigenvalue weighted by Crippen LogP contribution is 2.20. The van der Waals surface area contributed by atoms with Gasteiger partial charge >= 0.3 is 0 Å². The van der Waals surface area contributed by atoms with Crippen molar-refractivity contribution in [3.63, 3.8) is 0 Å². The molecule has 1 fully saturated rings. The molecule has 1 aliphatic rings. The summed E-state index contributed by atoms with van der Waals surface area (Å²) >= 11 is 0. The summed E-state index contributed by atoms with van der Waals surface area (Å²) in [5, 5.41) is 3.53. The predicted molar refractivity (Wildman–Crippen MR) is 96.7 cm³/mol. The van der Waals surface area contributed by atoms with Crippen molar-refractivity contribution in [3.05, 3.63) is 29.7 Å². The Balaban J connectivity index is 1.60. The predicted octanol–water partition coefficient (Wildman–Crippen LogP) is 2.03. The largest absolute Gasteiger partial charge is 0.367 e. The molecule has 0 atom stereocenters. The normalized spacial score (nSPS) is 15.4. The highest BCUT2D eigenvalue weighted by atomic mass is 15.3. The molecule has 0 saturated carbocycles. The Morgan fingerprint density at radius 1 is 1.08 bits per heavy atom. The van der Waals surface area contributed by atoms with Crippen molar-refractivity contribution in [1.82, 2.24) is 19.9 Å². The summed E-state index contributed by atoms with van der Waals surface area (Å²) in [5.74, 6) is 2.46. The molecule has 0 bridgehead atoms. The molecule has 0 unspecified atom stereocenters. The fraction of sp³-hybridized carbons (Fsp3) is 0.529. The Kier molecular flexibility index (Phi) is 4.78. The van der Waals surface area contributed by atoms with E-state index in [1.165, 1.54) is 0 Å². The smallest absolute Gasteiger partial charge is 0.226 e. The zero-order valence-corrected chi connectivity index (χ0v) is 14.8. The molecule has 0 aliphatic carbocycles. The van der Waals surface area contributed by atoms with Gasteiger partial charge in [-0.2, -0.15) is 4.98 Å². The maximum absolute atomic E-state index is 4.57. The molecular weight excluding hydrogens is 302 g/mol. The summed E-state index contributed by atoms with van der Waals surface area (Å²) in [6.45, 7) is 5.94. The van der Waals surface area contributed by atoms with Crippen LogP contribution in [0.15, 0.2) is 18.3 Å². The van der Waals surface area contributed by atoms with Gasteiger partial charge in [-0.1, -0.05) is 0 Å². The van der Waals surface area contributed by atoms with Gasteiger partial charge in [0, 0.05) is 50.8 Å². The van der Waals surface area contributed by atoms with Gasteiger partial charge in [0.2, 0.25) is 11.9 Å². The van der Waals surface area contributed by atoms with Crippen LogP contribution in [0.5, 0.6) is 0 Å². The minimum absolute atomic E-state index is 0.414. The molecule has 1 saturated heterocycles. The van der Waals surface area contributed by atoms with Gasteiger partial charge in [-0.25, -0.2) is 15.0 Å². The third-order valence-corrected chi connectivity index (χ3v) is 4.14. The maximum atomic E-state index is 4.57. The summed E-state index contributed by atoms with van der Waals surface area (Å²) < 4.78 is 0. The lowest BCUT2D eigenvalue weighted by Gasteiger charge is -2.32. The van der Waals surface area contributed by atoms with Crippen LogP contribution < -0.4 is 15.1 Å². The molecule has 0 amide bonds. The summed E-state index contributed by atoms with van der Waals surface area (Å²) in [5.41, 5.74) is 2.05. The van der Waals surface area contributed by atoms with Crippen LogP contribution in [0.3, 0.4) is 0 Å². The third-order valence-electron chi connectivity index (χ3n) is 4.14. The number of aromatic nitrogens is 4. The van der Waals surface area contributed by atoms with Crippen molar-refractivity contribution in [2.75, 3.05) is 42.3 Å². The van der Waals surface area contributed by atoms with E-state index in [4.69, 9.17) is 0 Å². The molecule has 1 aliphatic heterocycles. The number of piperidine rings is 1. The van der Waals surface area contributed by atoms with Crippen LogP contribution in [0, 0.1) is 13.8 Å². The van der Waals surface area contributed by atoms with Crippen molar-refractivity contribution in [1.29, 1.82) is 0 Å². The zero-order chi connectivity index (χ0) is 17.1.